The van der Waals surface area contributed by atoms with Crippen molar-refractivity contribution in [3.8, 4) is 0 Å². The summed E-state index contributed by atoms with van der Waals surface area (Å²) in [6.45, 7) is 2.10. The second-order valence-corrected chi connectivity index (χ2v) is 7.61. The summed E-state index contributed by atoms with van der Waals surface area (Å²) in [7, 11) is 0. The summed E-state index contributed by atoms with van der Waals surface area (Å²) in [5, 5.41) is 6.48. The summed E-state index contributed by atoms with van der Waals surface area (Å²) in [6.07, 6.45) is 10.9. The summed E-state index contributed by atoms with van der Waals surface area (Å²) < 4.78 is 6.00. The van der Waals surface area contributed by atoms with E-state index in [4.69, 9.17) is 9.73 Å². The van der Waals surface area contributed by atoms with Gasteiger partial charge in [-0.1, -0.05) is 42.5 Å². The SMILES string of the molecule is CC1=CCC2OC(C3=CC=CC(C(=O)N[C@@H]4CCc5ccccc54)N3)=NC12. The smallest absolute Gasteiger partial charge is 0.247 e. The van der Waals surface area contributed by atoms with Crippen LogP contribution in [0, 0.1) is 0 Å². The number of carbonyl (C=O) groups excluding carboxylic acids is 1. The zero-order valence-corrected chi connectivity index (χ0v) is 15.3. The van der Waals surface area contributed by atoms with Crippen LogP contribution in [-0.2, 0) is 16.0 Å². The third-order valence-electron chi connectivity index (χ3n) is 5.85. The maximum absolute atomic E-state index is 12.8. The number of allylic oxidation sites excluding steroid dienone is 2. The molecule has 4 atom stereocenters. The largest absolute Gasteiger partial charge is 0.470 e. The Labute approximate surface area is 158 Å². The highest BCUT2D eigenvalue weighted by molar-refractivity contribution is 5.97. The Morgan fingerprint density at radius 3 is 3.11 bits per heavy atom. The van der Waals surface area contributed by atoms with E-state index in [2.05, 4.69) is 41.8 Å². The number of rotatable bonds is 3. The highest BCUT2D eigenvalue weighted by atomic mass is 16.5. The van der Waals surface area contributed by atoms with Crippen LogP contribution in [0.2, 0.25) is 0 Å². The fourth-order valence-electron chi connectivity index (χ4n) is 4.36. The molecule has 27 heavy (non-hydrogen) atoms. The number of nitrogens with zero attached hydrogens (tertiary/aromatic N) is 1. The van der Waals surface area contributed by atoms with Crippen LogP contribution in [-0.4, -0.2) is 30.0 Å². The van der Waals surface area contributed by atoms with Crippen LogP contribution >= 0.6 is 0 Å². The van der Waals surface area contributed by atoms with E-state index in [0.29, 0.717) is 5.90 Å². The monoisotopic (exact) mass is 361 g/mol. The predicted octanol–water partition coefficient (Wildman–Crippen LogP) is 2.72. The normalized spacial score (nSPS) is 30.5. The van der Waals surface area contributed by atoms with Crippen molar-refractivity contribution in [3.05, 3.63) is 71.0 Å². The molecule has 2 heterocycles. The lowest BCUT2D eigenvalue weighted by molar-refractivity contribution is -0.122. The van der Waals surface area contributed by atoms with E-state index in [9.17, 15) is 4.79 Å². The topological polar surface area (TPSA) is 62.7 Å². The molecule has 5 heteroatoms. The highest BCUT2D eigenvalue weighted by Crippen LogP contribution is 2.32. The molecule has 0 spiro atoms. The van der Waals surface area contributed by atoms with Crippen molar-refractivity contribution in [1.82, 2.24) is 10.6 Å². The second-order valence-electron chi connectivity index (χ2n) is 7.61. The number of fused-ring (bicyclic) bond motifs is 2. The molecular formula is C22H23N3O2. The number of hydrogen-bond acceptors (Lipinski definition) is 4. The summed E-state index contributed by atoms with van der Waals surface area (Å²) >= 11 is 0. The fraction of sp³-hybridized carbons (Fsp3) is 0.364. The maximum Gasteiger partial charge on any atom is 0.247 e. The van der Waals surface area contributed by atoms with E-state index in [-0.39, 0.29) is 24.1 Å². The molecule has 0 radical (unpaired) electrons. The zero-order chi connectivity index (χ0) is 18.4. The first-order valence-corrected chi connectivity index (χ1v) is 9.64. The van der Waals surface area contributed by atoms with Gasteiger partial charge in [0, 0.05) is 6.42 Å². The zero-order valence-electron chi connectivity index (χ0n) is 15.3. The summed E-state index contributed by atoms with van der Waals surface area (Å²) in [6, 6.07) is 8.14. The lowest BCUT2D eigenvalue weighted by atomic mass is 10.1. The predicted molar refractivity (Wildman–Crippen MR) is 104 cm³/mol. The first-order valence-electron chi connectivity index (χ1n) is 9.64. The molecule has 0 aromatic heterocycles. The van der Waals surface area contributed by atoms with Crippen LogP contribution in [0.5, 0.6) is 0 Å². The maximum atomic E-state index is 12.8. The average molecular weight is 361 g/mol. The van der Waals surface area contributed by atoms with Crippen LogP contribution in [0.15, 0.2) is 64.8 Å². The van der Waals surface area contributed by atoms with Crippen LogP contribution in [0.3, 0.4) is 0 Å². The Morgan fingerprint density at radius 1 is 1.33 bits per heavy atom. The first-order chi connectivity index (χ1) is 13.2. The number of hydrogen-bond donors (Lipinski definition) is 2. The number of ether oxygens (including phenoxy) is 1. The number of carbonyl (C=O) groups is 1. The quantitative estimate of drug-likeness (QED) is 0.814. The van der Waals surface area contributed by atoms with Crippen molar-refractivity contribution in [2.24, 2.45) is 4.99 Å². The number of nitrogens with one attached hydrogen (secondary N) is 2. The van der Waals surface area contributed by atoms with Gasteiger partial charge in [-0.2, -0.15) is 0 Å². The molecule has 4 aliphatic rings. The molecule has 2 aliphatic heterocycles. The number of benzene rings is 1. The molecule has 1 aromatic rings. The fourth-order valence-corrected chi connectivity index (χ4v) is 4.36. The standard InChI is InChI=1S/C22H23N3O2/c1-13-9-12-19-20(13)25-22(27-19)18-8-4-7-17(23-18)21(26)24-16-11-10-14-5-2-3-6-15(14)16/h2-9,16-17,19-20,23H,10-12H2,1H3,(H,24,26)/t16-,17?,19?,20?/m1/s1. The minimum atomic E-state index is -0.416. The Bertz CT molecular complexity index is 912. The molecule has 0 saturated heterocycles. The summed E-state index contributed by atoms with van der Waals surface area (Å²) in [5.74, 6) is 0.597. The van der Waals surface area contributed by atoms with Gasteiger partial charge in [-0.3, -0.25) is 4.79 Å². The molecule has 2 aliphatic carbocycles. The Kier molecular flexibility index (Phi) is 3.88. The van der Waals surface area contributed by atoms with Gasteiger partial charge in [0.15, 0.2) is 0 Å². The number of amides is 1. The number of dihydropyridines is 1. The summed E-state index contributed by atoms with van der Waals surface area (Å²) in [4.78, 5) is 17.5. The van der Waals surface area contributed by atoms with Gasteiger partial charge in [0.05, 0.1) is 11.7 Å². The molecule has 138 valence electrons. The molecular weight excluding hydrogens is 338 g/mol. The van der Waals surface area contributed by atoms with Gasteiger partial charge in [0.1, 0.15) is 18.2 Å². The van der Waals surface area contributed by atoms with Gasteiger partial charge in [0.2, 0.25) is 11.8 Å². The van der Waals surface area contributed by atoms with Gasteiger partial charge < -0.3 is 15.4 Å². The molecule has 0 saturated carbocycles. The van der Waals surface area contributed by atoms with E-state index >= 15 is 0 Å². The van der Waals surface area contributed by atoms with Crippen molar-refractivity contribution in [2.45, 2.75) is 50.4 Å². The van der Waals surface area contributed by atoms with Gasteiger partial charge in [-0.25, -0.2) is 4.99 Å². The molecule has 5 rings (SSSR count). The van der Waals surface area contributed by atoms with Gasteiger partial charge in [0.25, 0.3) is 0 Å². The van der Waals surface area contributed by atoms with Crippen molar-refractivity contribution in [1.29, 1.82) is 0 Å². The van der Waals surface area contributed by atoms with E-state index in [1.54, 1.807) is 0 Å². The Balaban J connectivity index is 1.26. The van der Waals surface area contributed by atoms with Crippen molar-refractivity contribution in [3.63, 3.8) is 0 Å². The molecule has 5 nitrogen and oxygen atoms in total. The second kappa shape index (κ2) is 6.41. The van der Waals surface area contributed by atoms with Gasteiger partial charge in [-0.15, -0.1) is 0 Å². The molecule has 1 aromatic carbocycles. The van der Waals surface area contributed by atoms with E-state index < -0.39 is 6.04 Å². The van der Waals surface area contributed by atoms with Crippen LogP contribution in [0.4, 0.5) is 0 Å². The Morgan fingerprint density at radius 2 is 2.22 bits per heavy atom. The first kappa shape index (κ1) is 16.4. The third-order valence-corrected chi connectivity index (χ3v) is 5.85. The molecule has 0 fully saturated rings. The average Bonchev–Trinajstić information content (AvgIpc) is 3.39. The highest BCUT2D eigenvalue weighted by Gasteiger charge is 2.37. The van der Waals surface area contributed by atoms with Crippen molar-refractivity contribution < 1.29 is 9.53 Å². The lowest BCUT2D eigenvalue weighted by Crippen LogP contribution is -2.45. The van der Waals surface area contributed by atoms with E-state index in [1.807, 2.05) is 24.3 Å². The van der Waals surface area contributed by atoms with Crippen LogP contribution in [0.1, 0.15) is 36.9 Å². The number of aryl methyl sites for hydroxylation is 1. The molecule has 2 N–H and O–H groups in total. The van der Waals surface area contributed by atoms with Gasteiger partial charge >= 0.3 is 0 Å². The molecule has 1 amide bonds. The molecule has 3 unspecified atom stereocenters. The molecule has 0 bridgehead atoms. The van der Waals surface area contributed by atoms with E-state index in [1.165, 1.54) is 16.7 Å². The summed E-state index contributed by atoms with van der Waals surface area (Å²) in [5.41, 5.74) is 4.61. The van der Waals surface area contributed by atoms with Crippen molar-refractivity contribution >= 4 is 11.8 Å². The van der Waals surface area contributed by atoms with Crippen molar-refractivity contribution in [2.75, 3.05) is 0 Å². The van der Waals surface area contributed by atoms with Gasteiger partial charge in [-0.05, 0) is 42.5 Å². The van der Waals surface area contributed by atoms with Crippen LogP contribution < -0.4 is 10.6 Å². The number of aliphatic imine (C=N–C) groups is 1. The minimum Gasteiger partial charge on any atom is -0.470 e. The Hall–Kier alpha value is -2.82. The lowest BCUT2D eigenvalue weighted by Gasteiger charge is -2.23. The van der Waals surface area contributed by atoms with E-state index in [0.717, 1.165) is 25.0 Å². The third kappa shape index (κ3) is 2.87. The van der Waals surface area contributed by atoms with Crippen LogP contribution in [0.25, 0.3) is 0 Å². The minimum absolute atomic E-state index is 0.0200.